The standard InChI is InChI=1S/C25H27FN4O2S/c1-15-5-4-6-16(2)30(15)22(31)14-29-25(32)23-20(12-27-29)24-21(11-17(3)33-24)28(23)13-18-7-9-19(26)10-8-18/h7-12,15-16H,4-6,13-14H2,1-3H3. The van der Waals surface area contributed by atoms with Crippen molar-refractivity contribution in [3.63, 3.8) is 0 Å². The van der Waals surface area contributed by atoms with E-state index in [2.05, 4.69) is 25.0 Å². The first-order valence-electron chi connectivity index (χ1n) is 11.4. The van der Waals surface area contributed by atoms with Crippen molar-refractivity contribution in [1.82, 2.24) is 19.2 Å². The molecule has 1 aliphatic heterocycles. The molecule has 4 heterocycles. The van der Waals surface area contributed by atoms with Gasteiger partial charge in [0.15, 0.2) is 0 Å². The Balaban J connectivity index is 1.58. The van der Waals surface area contributed by atoms with Crippen LogP contribution in [0.5, 0.6) is 0 Å². The Kier molecular flexibility index (Phi) is 5.56. The molecule has 5 rings (SSSR count). The van der Waals surface area contributed by atoms with Crippen LogP contribution in [0.2, 0.25) is 0 Å². The van der Waals surface area contributed by atoms with Crippen molar-refractivity contribution in [3.8, 4) is 0 Å². The van der Waals surface area contributed by atoms with Crippen LogP contribution in [-0.2, 0) is 17.9 Å². The zero-order valence-electron chi connectivity index (χ0n) is 19.0. The Labute approximate surface area is 195 Å². The number of benzene rings is 1. The highest BCUT2D eigenvalue weighted by molar-refractivity contribution is 7.20. The Morgan fingerprint density at radius 3 is 2.58 bits per heavy atom. The maximum Gasteiger partial charge on any atom is 0.291 e. The highest BCUT2D eigenvalue weighted by Gasteiger charge is 2.29. The van der Waals surface area contributed by atoms with E-state index in [4.69, 9.17) is 0 Å². The van der Waals surface area contributed by atoms with Gasteiger partial charge in [-0.3, -0.25) is 9.59 Å². The maximum absolute atomic E-state index is 13.6. The molecule has 172 valence electrons. The van der Waals surface area contributed by atoms with Crippen molar-refractivity contribution >= 4 is 38.4 Å². The number of hydrogen-bond acceptors (Lipinski definition) is 4. The largest absolute Gasteiger partial charge is 0.336 e. The van der Waals surface area contributed by atoms with E-state index >= 15 is 0 Å². The third-order valence-electron chi connectivity index (χ3n) is 6.68. The van der Waals surface area contributed by atoms with Crippen LogP contribution in [0, 0.1) is 12.7 Å². The number of amides is 1. The van der Waals surface area contributed by atoms with Gasteiger partial charge in [-0.1, -0.05) is 12.1 Å². The quantitative estimate of drug-likeness (QED) is 0.438. The van der Waals surface area contributed by atoms with Crippen LogP contribution in [0.3, 0.4) is 0 Å². The molecule has 1 aliphatic rings. The van der Waals surface area contributed by atoms with Gasteiger partial charge >= 0.3 is 0 Å². The molecule has 0 spiro atoms. The SMILES string of the molecule is Cc1cc2c(s1)c1cnn(CC(=O)N3C(C)CCCC3C)c(=O)c1n2Cc1ccc(F)cc1. The van der Waals surface area contributed by atoms with Crippen LogP contribution >= 0.6 is 11.3 Å². The first-order valence-corrected chi connectivity index (χ1v) is 12.2. The van der Waals surface area contributed by atoms with E-state index < -0.39 is 0 Å². The van der Waals surface area contributed by atoms with Crippen molar-refractivity contribution in [2.75, 3.05) is 0 Å². The third kappa shape index (κ3) is 3.86. The molecule has 4 aromatic rings. The molecule has 0 aliphatic carbocycles. The lowest BCUT2D eigenvalue weighted by molar-refractivity contribution is -0.138. The van der Waals surface area contributed by atoms with E-state index in [9.17, 15) is 14.0 Å². The number of thiophene rings is 1. The zero-order valence-corrected chi connectivity index (χ0v) is 19.9. The molecule has 1 amide bonds. The van der Waals surface area contributed by atoms with Gasteiger partial charge in [0, 0.05) is 28.9 Å². The van der Waals surface area contributed by atoms with Crippen LogP contribution in [0.4, 0.5) is 4.39 Å². The van der Waals surface area contributed by atoms with Gasteiger partial charge in [0.2, 0.25) is 5.91 Å². The molecule has 1 fully saturated rings. The summed E-state index contributed by atoms with van der Waals surface area (Å²) >= 11 is 1.62. The van der Waals surface area contributed by atoms with Crippen LogP contribution in [0.15, 0.2) is 41.3 Å². The Hall–Kier alpha value is -3.00. The molecule has 0 bridgehead atoms. The zero-order chi connectivity index (χ0) is 23.3. The Morgan fingerprint density at radius 1 is 1.18 bits per heavy atom. The topological polar surface area (TPSA) is 60.1 Å². The average Bonchev–Trinajstić information content (AvgIpc) is 3.28. The van der Waals surface area contributed by atoms with Gasteiger partial charge in [-0.25, -0.2) is 9.07 Å². The first kappa shape index (κ1) is 21.8. The Bertz CT molecular complexity index is 1390. The number of rotatable bonds is 4. The summed E-state index contributed by atoms with van der Waals surface area (Å²) in [5.74, 6) is -0.364. The number of aromatic nitrogens is 3. The number of hydrogen-bond donors (Lipinski definition) is 0. The van der Waals surface area contributed by atoms with Crippen molar-refractivity contribution in [3.05, 3.63) is 63.1 Å². The van der Waals surface area contributed by atoms with Gasteiger partial charge in [0.25, 0.3) is 5.56 Å². The lowest BCUT2D eigenvalue weighted by atomic mass is 9.97. The maximum atomic E-state index is 13.6. The van der Waals surface area contributed by atoms with Crippen molar-refractivity contribution in [1.29, 1.82) is 0 Å². The molecule has 6 nitrogen and oxygen atoms in total. The lowest BCUT2D eigenvalue weighted by Crippen LogP contribution is -2.49. The number of likely N-dealkylation sites (tertiary alicyclic amines) is 1. The molecule has 3 aromatic heterocycles. The Morgan fingerprint density at radius 2 is 1.88 bits per heavy atom. The molecular formula is C25H27FN4O2S. The number of fused-ring (bicyclic) bond motifs is 3. The fourth-order valence-electron chi connectivity index (χ4n) is 5.09. The van der Waals surface area contributed by atoms with Gasteiger partial charge in [0.05, 0.1) is 16.4 Å². The number of nitrogens with zero attached hydrogens (tertiary/aromatic N) is 4. The molecule has 2 atom stereocenters. The summed E-state index contributed by atoms with van der Waals surface area (Å²) in [6, 6.07) is 8.71. The predicted octanol–water partition coefficient (Wildman–Crippen LogP) is 4.70. The summed E-state index contributed by atoms with van der Waals surface area (Å²) < 4.78 is 17.7. The fourth-order valence-corrected chi connectivity index (χ4v) is 6.12. The summed E-state index contributed by atoms with van der Waals surface area (Å²) in [7, 11) is 0. The predicted molar refractivity (Wildman–Crippen MR) is 129 cm³/mol. The number of aryl methyl sites for hydroxylation is 1. The van der Waals surface area contributed by atoms with E-state index in [1.54, 1.807) is 29.7 Å². The average molecular weight is 467 g/mol. The minimum absolute atomic E-state index is 0.0713. The number of piperidine rings is 1. The van der Waals surface area contributed by atoms with E-state index in [0.717, 1.165) is 45.3 Å². The summed E-state index contributed by atoms with van der Waals surface area (Å²) in [6.07, 6.45) is 4.77. The molecule has 1 aromatic carbocycles. The second kappa shape index (κ2) is 8.41. The minimum Gasteiger partial charge on any atom is -0.336 e. The van der Waals surface area contributed by atoms with E-state index in [1.807, 2.05) is 16.4 Å². The smallest absolute Gasteiger partial charge is 0.291 e. The van der Waals surface area contributed by atoms with Gasteiger partial charge < -0.3 is 9.47 Å². The van der Waals surface area contributed by atoms with Crippen molar-refractivity contribution < 1.29 is 9.18 Å². The molecule has 0 radical (unpaired) electrons. The third-order valence-corrected chi connectivity index (χ3v) is 7.75. The molecule has 8 heteroatoms. The molecule has 1 saturated heterocycles. The number of carbonyl (C=O) groups excluding carboxylic acids is 1. The summed E-state index contributed by atoms with van der Waals surface area (Å²) in [4.78, 5) is 29.8. The highest BCUT2D eigenvalue weighted by Crippen LogP contribution is 2.34. The minimum atomic E-state index is -0.293. The second-order valence-electron chi connectivity index (χ2n) is 9.08. The van der Waals surface area contributed by atoms with Crippen molar-refractivity contribution in [2.24, 2.45) is 0 Å². The lowest BCUT2D eigenvalue weighted by Gasteiger charge is -2.39. The molecule has 2 unspecified atom stereocenters. The van der Waals surface area contributed by atoms with Gasteiger partial charge in [0.1, 0.15) is 17.9 Å². The molecule has 33 heavy (non-hydrogen) atoms. The summed E-state index contributed by atoms with van der Waals surface area (Å²) in [6.45, 7) is 6.53. The van der Waals surface area contributed by atoms with E-state index in [0.29, 0.717) is 12.1 Å². The second-order valence-corrected chi connectivity index (χ2v) is 10.3. The highest BCUT2D eigenvalue weighted by atomic mass is 32.1. The van der Waals surface area contributed by atoms with E-state index in [1.165, 1.54) is 16.8 Å². The fraction of sp³-hybridized carbons (Fsp3) is 0.400. The van der Waals surface area contributed by atoms with E-state index in [-0.39, 0.29) is 35.9 Å². The molecular weight excluding hydrogens is 439 g/mol. The molecule has 0 saturated carbocycles. The normalized spacial score (nSPS) is 19.0. The monoisotopic (exact) mass is 466 g/mol. The summed E-state index contributed by atoms with van der Waals surface area (Å²) in [5.41, 5.74) is 2.11. The van der Waals surface area contributed by atoms with Gasteiger partial charge in [-0.15, -0.1) is 11.3 Å². The van der Waals surface area contributed by atoms with Gasteiger partial charge in [-0.2, -0.15) is 5.10 Å². The van der Waals surface area contributed by atoms with Crippen LogP contribution in [0.25, 0.3) is 21.1 Å². The van der Waals surface area contributed by atoms with Crippen LogP contribution < -0.4 is 5.56 Å². The molecule has 0 N–H and O–H groups in total. The van der Waals surface area contributed by atoms with Gasteiger partial charge in [-0.05, 0) is 63.8 Å². The van der Waals surface area contributed by atoms with Crippen molar-refractivity contribution in [2.45, 2.75) is 65.2 Å². The van der Waals surface area contributed by atoms with Crippen LogP contribution in [-0.4, -0.2) is 37.2 Å². The van der Waals surface area contributed by atoms with Crippen LogP contribution in [0.1, 0.15) is 43.6 Å². The summed E-state index contributed by atoms with van der Waals surface area (Å²) in [5, 5.41) is 5.17. The number of carbonyl (C=O) groups is 1. The number of halogens is 1. The first-order chi connectivity index (χ1) is 15.8.